The van der Waals surface area contributed by atoms with E-state index in [4.69, 9.17) is 5.73 Å². The molecule has 0 amide bonds. The second kappa shape index (κ2) is 27.9. The lowest BCUT2D eigenvalue weighted by Crippen LogP contribution is -2.10. The van der Waals surface area contributed by atoms with Gasteiger partial charge in [-0.05, 0) is 18.6 Å². The first-order chi connectivity index (χ1) is 12.7. The monoisotopic (exact) mass is 405 g/mol. The molecule has 2 N–H and O–H groups in total. The maximum Gasteiger partial charge on any atom is 0.0477 e. The van der Waals surface area contributed by atoms with Crippen LogP contribution in [0.2, 0.25) is 0 Å². The molecule has 0 saturated carbocycles. The highest BCUT2D eigenvalue weighted by atomic mass is 32.1. The minimum atomic E-state index is 0.0973. The molecule has 160 valence electrons. The van der Waals surface area contributed by atoms with Gasteiger partial charge < -0.3 is 5.73 Å². The average Bonchev–Trinajstić information content (AvgIpc) is 2.63. The summed E-state index contributed by atoms with van der Waals surface area (Å²) in [4.78, 5) is 0. The molecule has 0 aromatic carbocycles. The molecule has 0 aromatic heterocycles. The molecule has 1 nitrogen and oxygen atoms in total. The minimum Gasteiger partial charge on any atom is -0.320 e. The van der Waals surface area contributed by atoms with Gasteiger partial charge >= 0.3 is 0 Å². The highest BCUT2D eigenvalue weighted by Crippen LogP contribution is 2.11. The van der Waals surface area contributed by atoms with Gasteiger partial charge in [-0.2, -0.15) is 25.3 Å². The van der Waals surface area contributed by atoms with Gasteiger partial charge in [0.25, 0.3) is 0 Å². The van der Waals surface area contributed by atoms with Crippen molar-refractivity contribution in [2.24, 2.45) is 5.73 Å². The first-order valence-corrected chi connectivity index (χ1v) is 12.9. The van der Waals surface area contributed by atoms with Crippen LogP contribution in [0.4, 0.5) is 0 Å². The molecular weight excluding hydrogens is 354 g/mol. The smallest absolute Gasteiger partial charge is 0.0477 e. The third-order valence-corrected chi connectivity index (χ3v) is 5.44. The van der Waals surface area contributed by atoms with E-state index >= 15 is 0 Å². The van der Waals surface area contributed by atoms with Crippen molar-refractivity contribution < 1.29 is 0 Å². The summed E-state index contributed by atoms with van der Waals surface area (Å²) in [6.07, 6.45) is 26.2. The van der Waals surface area contributed by atoms with Gasteiger partial charge in [0.1, 0.15) is 0 Å². The van der Waals surface area contributed by atoms with Crippen molar-refractivity contribution >= 4 is 25.3 Å². The van der Waals surface area contributed by atoms with Crippen LogP contribution in [0, 0.1) is 0 Å². The first kappa shape index (κ1) is 28.9. The largest absolute Gasteiger partial charge is 0.320 e. The van der Waals surface area contributed by atoms with E-state index in [1.807, 2.05) is 0 Å². The molecule has 0 aliphatic rings. The fourth-order valence-electron chi connectivity index (χ4n) is 3.09. The second-order valence-electron chi connectivity index (χ2n) is 7.74. The Morgan fingerprint density at radius 2 is 0.846 bits per heavy atom. The van der Waals surface area contributed by atoms with Crippen molar-refractivity contribution in [2.75, 3.05) is 5.75 Å². The van der Waals surface area contributed by atoms with E-state index in [0.29, 0.717) is 0 Å². The lowest BCUT2D eigenvalue weighted by molar-refractivity contribution is 0.562. The van der Waals surface area contributed by atoms with Crippen molar-refractivity contribution in [2.45, 2.75) is 141 Å². The van der Waals surface area contributed by atoms with Gasteiger partial charge in [0.15, 0.2) is 0 Å². The Kier molecular flexibility index (Phi) is 30.9. The van der Waals surface area contributed by atoms with Crippen LogP contribution < -0.4 is 5.73 Å². The van der Waals surface area contributed by atoms with E-state index in [-0.39, 0.29) is 5.37 Å². The quantitative estimate of drug-likeness (QED) is 0.112. The standard InChI is InChI=1S/C12H26S.C11H25NS/c1-2-3-4-5-6-7-8-9-10-11-12-13;1-2-3-4-5-6-7-8-9-10-11(12)13/h13H,2-12H2,1H3;11,13H,2-10,12H2,1H3. The Labute approximate surface area is 177 Å². The Hall–Kier alpha value is 0.660. The molecule has 0 rings (SSSR count). The number of nitrogens with two attached hydrogens (primary N) is 1. The van der Waals surface area contributed by atoms with Crippen LogP contribution in [0.15, 0.2) is 0 Å². The van der Waals surface area contributed by atoms with Crippen molar-refractivity contribution in [3.8, 4) is 0 Å². The van der Waals surface area contributed by atoms with Crippen LogP contribution in [0.5, 0.6) is 0 Å². The van der Waals surface area contributed by atoms with E-state index < -0.39 is 0 Å². The third-order valence-electron chi connectivity index (χ3n) is 4.87. The fourth-order valence-corrected chi connectivity index (χ4v) is 3.49. The molecule has 0 aliphatic carbocycles. The zero-order chi connectivity index (χ0) is 19.7. The summed E-state index contributed by atoms with van der Waals surface area (Å²) in [6.45, 7) is 4.53. The van der Waals surface area contributed by atoms with E-state index in [2.05, 4.69) is 39.1 Å². The molecule has 0 spiro atoms. The highest BCUT2D eigenvalue weighted by Gasteiger charge is 1.95. The lowest BCUT2D eigenvalue weighted by Gasteiger charge is -2.03. The van der Waals surface area contributed by atoms with Gasteiger partial charge in [0.05, 0.1) is 0 Å². The Morgan fingerprint density at radius 1 is 0.538 bits per heavy atom. The van der Waals surface area contributed by atoms with Crippen LogP contribution >= 0.6 is 25.3 Å². The van der Waals surface area contributed by atoms with Gasteiger partial charge in [-0.15, -0.1) is 0 Å². The van der Waals surface area contributed by atoms with Crippen LogP contribution in [0.3, 0.4) is 0 Å². The summed E-state index contributed by atoms with van der Waals surface area (Å²) in [6, 6.07) is 0. The van der Waals surface area contributed by atoms with Crippen LogP contribution in [0.1, 0.15) is 136 Å². The minimum absolute atomic E-state index is 0.0973. The lowest BCUT2D eigenvalue weighted by atomic mass is 10.1. The molecule has 0 saturated heterocycles. The third kappa shape index (κ3) is 32.3. The number of unbranched alkanes of at least 4 members (excludes halogenated alkanes) is 16. The molecule has 1 atom stereocenters. The summed E-state index contributed by atoms with van der Waals surface area (Å²) < 4.78 is 0. The summed E-state index contributed by atoms with van der Waals surface area (Å²) in [5.74, 6) is 1.07. The van der Waals surface area contributed by atoms with Gasteiger partial charge in [-0.1, -0.05) is 123 Å². The number of hydrogen-bond acceptors (Lipinski definition) is 3. The second-order valence-corrected chi connectivity index (χ2v) is 8.85. The summed E-state index contributed by atoms with van der Waals surface area (Å²) in [5.41, 5.74) is 5.54. The number of hydrogen-bond donors (Lipinski definition) is 3. The molecule has 0 heterocycles. The highest BCUT2D eigenvalue weighted by molar-refractivity contribution is 7.80. The molecule has 1 unspecified atom stereocenters. The van der Waals surface area contributed by atoms with Gasteiger partial charge in [0.2, 0.25) is 0 Å². The normalized spacial score (nSPS) is 11.9. The summed E-state index contributed by atoms with van der Waals surface area (Å²) in [5, 5.41) is 0.0973. The maximum absolute atomic E-state index is 5.54. The molecule has 0 aliphatic heterocycles. The summed E-state index contributed by atoms with van der Waals surface area (Å²) >= 11 is 8.35. The Bertz CT molecular complexity index is 212. The van der Waals surface area contributed by atoms with E-state index in [1.165, 1.54) is 116 Å². The molecule has 0 fully saturated rings. The Balaban J connectivity index is 0. The van der Waals surface area contributed by atoms with E-state index in [9.17, 15) is 0 Å². The number of rotatable bonds is 19. The average molecular weight is 406 g/mol. The van der Waals surface area contributed by atoms with Gasteiger partial charge in [-0.3, -0.25) is 0 Å². The van der Waals surface area contributed by atoms with Crippen molar-refractivity contribution in [3.63, 3.8) is 0 Å². The van der Waals surface area contributed by atoms with Crippen molar-refractivity contribution in [1.29, 1.82) is 0 Å². The maximum atomic E-state index is 5.54. The summed E-state index contributed by atoms with van der Waals surface area (Å²) in [7, 11) is 0. The predicted octanol–water partition coefficient (Wildman–Crippen LogP) is 8.57. The number of thiol groups is 2. The molecule has 0 bridgehead atoms. The molecule has 0 radical (unpaired) electrons. The van der Waals surface area contributed by atoms with Crippen LogP contribution in [0.25, 0.3) is 0 Å². The first-order valence-electron chi connectivity index (χ1n) is 11.7. The fraction of sp³-hybridized carbons (Fsp3) is 1.00. The van der Waals surface area contributed by atoms with Gasteiger partial charge in [-0.25, -0.2) is 0 Å². The van der Waals surface area contributed by atoms with E-state index in [0.717, 1.165) is 12.2 Å². The van der Waals surface area contributed by atoms with Crippen molar-refractivity contribution in [3.05, 3.63) is 0 Å². The van der Waals surface area contributed by atoms with Crippen LogP contribution in [-0.4, -0.2) is 11.1 Å². The topological polar surface area (TPSA) is 26.0 Å². The van der Waals surface area contributed by atoms with Gasteiger partial charge in [0, 0.05) is 5.37 Å². The molecule has 3 heteroatoms. The zero-order valence-corrected chi connectivity index (χ0v) is 20.0. The predicted molar refractivity (Wildman–Crippen MR) is 130 cm³/mol. The molecule has 26 heavy (non-hydrogen) atoms. The SMILES string of the molecule is CCCCCCCCCCC(N)S.CCCCCCCCCCCCS. The van der Waals surface area contributed by atoms with Crippen LogP contribution in [-0.2, 0) is 0 Å². The molecular formula is C23H51NS2. The van der Waals surface area contributed by atoms with E-state index in [1.54, 1.807) is 0 Å². The Morgan fingerprint density at radius 3 is 1.15 bits per heavy atom. The van der Waals surface area contributed by atoms with Crippen molar-refractivity contribution in [1.82, 2.24) is 0 Å². The zero-order valence-electron chi connectivity index (χ0n) is 18.2. The molecule has 0 aromatic rings.